The smallest absolute Gasteiger partial charge is 0.404 e. The number of hydrogen-bond acceptors (Lipinski definition) is 8. The van der Waals surface area contributed by atoms with Crippen LogP contribution in [0.5, 0.6) is 0 Å². The number of ether oxygens (including phenoxy) is 1. The van der Waals surface area contributed by atoms with Crippen molar-refractivity contribution in [3.05, 3.63) is 46.7 Å². The fourth-order valence-electron chi connectivity index (χ4n) is 4.29. The number of rotatable bonds is 11. The molecule has 0 saturated carbocycles. The number of carboxylic acids is 2. The molecule has 0 bridgehead atoms. The first kappa shape index (κ1) is 30.5. The van der Waals surface area contributed by atoms with Crippen molar-refractivity contribution in [2.45, 2.75) is 62.9 Å². The van der Waals surface area contributed by atoms with Gasteiger partial charge in [0.2, 0.25) is 5.91 Å². The second kappa shape index (κ2) is 12.4. The molecule has 0 aliphatic carbocycles. The van der Waals surface area contributed by atoms with Crippen LogP contribution in [0.25, 0.3) is 0 Å². The maximum Gasteiger partial charge on any atom is 0.404 e. The van der Waals surface area contributed by atoms with E-state index in [2.05, 4.69) is 15.4 Å². The number of carbonyl (C=O) groups excluding carboxylic acids is 4. The van der Waals surface area contributed by atoms with Crippen LogP contribution in [0, 0.1) is 0 Å². The molecule has 0 radical (unpaired) electrons. The zero-order valence-electron chi connectivity index (χ0n) is 22.3. The Kier molecular flexibility index (Phi) is 9.45. The molecule has 3 rings (SSSR count). The van der Waals surface area contributed by atoms with Crippen molar-refractivity contribution < 1.29 is 43.7 Å². The highest BCUT2D eigenvalue weighted by molar-refractivity contribution is 8.00. The first-order valence-electron chi connectivity index (χ1n) is 12.5. The zero-order chi connectivity index (χ0) is 29.8. The van der Waals surface area contributed by atoms with E-state index >= 15 is 0 Å². The zero-order valence-corrected chi connectivity index (χ0v) is 23.1. The van der Waals surface area contributed by atoms with Crippen molar-refractivity contribution in [3.8, 4) is 0 Å². The topological polar surface area (TPSA) is 205 Å². The standard InChI is InChI=1S/C26H32N4O9S/c1-26(2,3)15-9-7-13(8-10-15)20(32)28-16(23(34)35)5-4-6-17(31)29-18-21(33)30-19(24(36)37)14(11-39-25(27)38)12-40-22(18)30/h7-10,16,18,22H,4-6,11-12H2,1-3H3,(H2,27,38)(H,28,32)(H,29,31)(H,34,35)(H,36,37)/t16?,18?,22-/m0/s1. The van der Waals surface area contributed by atoms with Gasteiger partial charge in [-0.3, -0.25) is 19.3 Å². The van der Waals surface area contributed by atoms with E-state index in [1.54, 1.807) is 12.1 Å². The molecule has 2 aliphatic heterocycles. The lowest BCUT2D eigenvalue weighted by molar-refractivity contribution is -0.150. The molecule has 13 nitrogen and oxygen atoms in total. The van der Waals surface area contributed by atoms with E-state index in [0.29, 0.717) is 5.56 Å². The van der Waals surface area contributed by atoms with Crippen molar-refractivity contribution in [1.82, 2.24) is 15.5 Å². The highest BCUT2D eigenvalue weighted by atomic mass is 32.2. The minimum atomic E-state index is -1.38. The van der Waals surface area contributed by atoms with Gasteiger partial charge in [0.25, 0.3) is 11.8 Å². The summed E-state index contributed by atoms with van der Waals surface area (Å²) in [5, 5.41) is 23.5. The van der Waals surface area contributed by atoms with Crippen LogP contribution < -0.4 is 16.4 Å². The normalized spacial score (nSPS) is 19.2. The fourth-order valence-corrected chi connectivity index (χ4v) is 5.61. The van der Waals surface area contributed by atoms with E-state index in [4.69, 9.17) is 5.73 Å². The molecule has 2 aliphatic rings. The van der Waals surface area contributed by atoms with Gasteiger partial charge >= 0.3 is 18.0 Å². The van der Waals surface area contributed by atoms with E-state index in [0.717, 1.165) is 10.5 Å². The number of nitrogens with two attached hydrogens (primary N) is 1. The van der Waals surface area contributed by atoms with Gasteiger partial charge in [-0.25, -0.2) is 14.4 Å². The average molecular weight is 577 g/mol. The number of primary amides is 1. The number of nitrogens with zero attached hydrogens (tertiary/aromatic N) is 1. The Morgan fingerprint density at radius 2 is 1.80 bits per heavy atom. The molecular formula is C26H32N4O9S. The van der Waals surface area contributed by atoms with Crippen LogP contribution in [0.1, 0.15) is 56.0 Å². The molecule has 0 spiro atoms. The molecule has 6 N–H and O–H groups in total. The van der Waals surface area contributed by atoms with Gasteiger partial charge in [0.05, 0.1) is 0 Å². The van der Waals surface area contributed by atoms with Crippen molar-refractivity contribution in [2.24, 2.45) is 5.73 Å². The molecule has 3 atom stereocenters. The predicted octanol–water partition coefficient (Wildman–Crippen LogP) is 1.17. The number of thioether (sulfide) groups is 1. The molecule has 14 heteroatoms. The van der Waals surface area contributed by atoms with E-state index in [-0.39, 0.29) is 48.3 Å². The summed E-state index contributed by atoms with van der Waals surface area (Å²) in [7, 11) is 0. The maximum absolute atomic E-state index is 12.7. The maximum atomic E-state index is 12.7. The van der Waals surface area contributed by atoms with Crippen LogP contribution >= 0.6 is 11.8 Å². The first-order chi connectivity index (χ1) is 18.7. The molecule has 4 amide bonds. The van der Waals surface area contributed by atoms with Gasteiger partial charge in [-0.05, 0) is 36.0 Å². The minimum Gasteiger partial charge on any atom is -0.480 e. The van der Waals surface area contributed by atoms with Crippen LogP contribution in [0.15, 0.2) is 35.5 Å². The largest absolute Gasteiger partial charge is 0.480 e. The number of benzene rings is 1. The number of aliphatic carboxylic acids is 2. The van der Waals surface area contributed by atoms with Gasteiger partial charge in [-0.15, -0.1) is 11.8 Å². The summed E-state index contributed by atoms with van der Waals surface area (Å²) < 4.78 is 4.67. The van der Waals surface area contributed by atoms with E-state index in [1.165, 1.54) is 11.8 Å². The third-order valence-electron chi connectivity index (χ3n) is 6.47. The van der Waals surface area contributed by atoms with Crippen LogP contribution in [0.3, 0.4) is 0 Å². The van der Waals surface area contributed by atoms with Gasteiger partial charge in [0, 0.05) is 23.3 Å². The van der Waals surface area contributed by atoms with Gasteiger partial charge in [0.15, 0.2) is 0 Å². The number of carboxylic acid groups (broad SMARTS) is 2. The van der Waals surface area contributed by atoms with Crippen LogP contribution in [0.2, 0.25) is 0 Å². The molecule has 216 valence electrons. The summed E-state index contributed by atoms with van der Waals surface area (Å²) in [6.07, 6.45) is -1.10. The second-order valence-electron chi connectivity index (χ2n) is 10.4. The van der Waals surface area contributed by atoms with Crippen LogP contribution in [-0.2, 0) is 29.3 Å². The quantitative estimate of drug-likeness (QED) is 0.238. The predicted molar refractivity (Wildman–Crippen MR) is 143 cm³/mol. The van der Waals surface area contributed by atoms with E-state index < -0.39 is 53.2 Å². The Morgan fingerprint density at radius 1 is 1.15 bits per heavy atom. The summed E-state index contributed by atoms with van der Waals surface area (Å²) >= 11 is 1.20. The molecule has 1 aromatic rings. The Morgan fingerprint density at radius 3 is 2.35 bits per heavy atom. The summed E-state index contributed by atoms with van der Waals surface area (Å²) in [5.41, 5.74) is 6.07. The Bertz CT molecular complexity index is 1240. The molecule has 0 aromatic heterocycles. The lowest BCUT2D eigenvalue weighted by Crippen LogP contribution is -2.70. The summed E-state index contributed by atoms with van der Waals surface area (Å²) in [6, 6.07) is 4.70. The third-order valence-corrected chi connectivity index (χ3v) is 7.81. The van der Waals surface area contributed by atoms with E-state index in [1.807, 2.05) is 32.9 Å². The highest BCUT2D eigenvalue weighted by Crippen LogP contribution is 2.40. The SMILES string of the molecule is CC(C)(C)c1ccc(C(=O)NC(CCCC(=O)NC2C(=O)N3C(C(=O)O)=C(COC(N)=O)CS[C@@H]23)C(=O)O)cc1. The van der Waals surface area contributed by atoms with Crippen LogP contribution in [0.4, 0.5) is 4.79 Å². The van der Waals surface area contributed by atoms with Gasteiger partial charge in [-0.2, -0.15) is 0 Å². The van der Waals surface area contributed by atoms with Crippen molar-refractivity contribution in [2.75, 3.05) is 12.4 Å². The Hall–Kier alpha value is -4.07. The first-order valence-corrected chi connectivity index (χ1v) is 13.5. The fraction of sp³-hybridized carbons (Fsp3) is 0.462. The van der Waals surface area contributed by atoms with Gasteiger partial charge < -0.3 is 31.3 Å². The summed E-state index contributed by atoms with van der Waals surface area (Å²) in [6.45, 7) is 5.73. The molecule has 40 heavy (non-hydrogen) atoms. The highest BCUT2D eigenvalue weighted by Gasteiger charge is 2.54. The van der Waals surface area contributed by atoms with Crippen LogP contribution in [-0.4, -0.2) is 80.7 Å². The number of hydrogen-bond donors (Lipinski definition) is 5. The number of nitrogens with one attached hydrogen (secondary N) is 2. The number of carbonyl (C=O) groups is 6. The van der Waals surface area contributed by atoms with Crippen molar-refractivity contribution >= 4 is 47.5 Å². The minimum absolute atomic E-state index is 0.0212. The molecular weight excluding hydrogens is 544 g/mol. The molecule has 1 aromatic carbocycles. The molecule has 1 fully saturated rings. The second-order valence-corrected chi connectivity index (χ2v) is 11.5. The Labute approximate surface area is 234 Å². The van der Waals surface area contributed by atoms with Gasteiger partial charge in [-0.1, -0.05) is 32.9 Å². The molecule has 2 unspecified atom stereocenters. The summed E-state index contributed by atoms with van der Waals surface area (Å²) in [5.74, 6) is -4.17. The van der Waals surface area contributed by atoms with Crippen molar-refractivity contribution in [3.63, 3.8) is 0 Å². The van der Waals surface area contributed by atoms with Gasteiger partial charge in [0.1, 0.15) is 29.8 Å². The Balaban J connectivity index is 1.52. The molecule has 2 heterocycles. The number of β-lactam (4-membered cyclic amide) rings is 1. The summed E-state index contributed by atoms with van der Waals surface area (Å²) in [4.78, 5) is 73.1. The van der Waals surface area contributed by atoms with E-state index in [9.17, 15) is 39.0 Å². The monoisotopic (exact) mass is 576 g/mol. The number of fused-ring (bicyclic) bond motifs is 1. The number of amides is 4. The van der Waals surface area contributed by atoms with Crippen molar-refractivity contribution in [1.29, 1.82) is 0 Å². The average Bonchev–Trinajstić information content (AvgIpc) is 2.88. The molecule has 1 saturated heterocycles. The lowest BCUT2D eigenvalue weighted by Gasteiger charge is -2.49. The lowest BCUT2D eigenvalue weighted by atomic mass is 9.86. The third kappa shape index (κ3) is 7.11.